The number of aryl methyl sites for hydroxylation is 1. The van der Waals surface area contributed by atoms with E-state index in [1.807, 2.05) is 67.6 Å². The van der Waals surface area contributed by atoms with Gasteiger partial charge >= 0.3 is 0 Å². The molecule has 1 heterocycles. The summed E-state index contributed by atoms with van der Waals surface area (Å²) in [6.45, 7) is 7.96. The molecule has 1 N–H and O–H groups in total. The molecular formula is C21H24N4O. The normalized spacial score (nSPS) is 10.4. The van der Waals surface area contributed by atoms with E-state index in [0.29, 0.717) is 0 Å². The molecule has 0 spiro atoms. The number of nitrogens with one attached hydrogen (secondary N) is 1. The Morgan fingerprint density at radius 3 is 2.35 bits per heavy atom. The van der Waals surface area contributed by atoms with Crippen molar-refractivity contribution >= 4 is 17.3 Å². The highest BCUT2D eigenvalue weighted by atomic mass is 16.5. The number of benzene rings is 2. The molecule has 0 aliphatic heterocycles. The van der Waals surface area contributed by atoms with Crippen LogP contribution in [0.15, 0.2) is 60.7 Å². The highest BCUT2D eigenvalue weighted by Gasteiger charge is 2.10. The Morgan fingerprint density at radius 1 is 0.923 bits per heavy atom. The smallest absolute Gasteiger partial charge is 0.150 e. The summed E-state index contributed by atoms with van der Waals surface area (Å²) in [6, 6.07) is 19.6. The van der Waals surface area contributed by atoms with Crippen LogP contribution in [0.3, 0.4) is 0 Å². The number of anilines is 3. The van der Waals surface area contributed by atoms with Gasteiger partial charge in [0.15, 0.2) is 5.75 Å². The highest BCUT2D eigenvalue weighted by Crippen LogP contribution is 2.31. The lowest BCUT2D eigenvalue weighted by molar-refractivity contribution is 0.485. The first-order chi connectivity index (χ1) is 12.7. The van der Waals surface area contributed by atoms with E-state index < -0.39 is 0 Å². The first kappa shape index (κ1) is 17.7. The number of para-hydroxylation sites is 3. The van der Waals surface area contributed by atoms with Crippen molar-refractivity contribution in [2.75, 3.05) is 23.3 Å². The van der Waals surface area contributed by atoms with Crippen molar-refractivity contribution in [2.24, 2.45) is 0 Å². The molecule has 0 amide bonds. The van der Waals surface area contributed by atoms with Gasteiger partial charge in [-0.15, -0.1) is 0 Å². The lowest BCUT2D eigenvalue weighted by atomic mass is 10.2. The maximum Gasteiger partial charge on any atom is 0.150 e. The van der Waals surface area contributed by atoms with Crippen LogP contribution in [0.2, 0.25) is 0 Å². The average molecular weight is 348 g/mol. The predicted molar refractivity (Wildman–Crippen MR) is 107 cm³/mol. The minimum atomic E-state index is 0.735. The van der Waals surface area contributed by atoms with E-state index in [1.54, 1.807) is 0 Å². The van der Waals surface area contributed by atoms with Gasteiger partial charge in [0.05, 0.1) is 5.69 Å². The van der Waals surface area contributed by atoms with E-state index in [4.69, 9.17) is 4.74 Å². The minimum Gasteiger partial charge on any atom is -0.455 e. The largest absolute Gasteiger partial charge is 0.455 e. The topological polar surface area (TPSA) is 50.3 Å². The Morgan fingerprint density at radius 2 is 1.62 bits per heavy atom. The molecule has 0 aliphatic carbocycles. The van der Waals surface area contributed by atoms with Gasteiger partial charge in [-0.05, 0) is 45.0 Å². The number of aromatic nitrogens is 2. The van der Waals surface area contributed by atoms with Crippen molar-refractivity contribution in [3.63, 3.8) is 0 Å². The number of rotatable bonds is 7. The van der Waals surface area contributed by atoms with E-state index in [9.17, 15) is 0 Å². The molecule has 5 nitrogen and oxygen atoms in total. The van der Waals surface area contributed by atoms with Crippen LogP contribution in [-0.4, -0.2) is 23.1 Å². The summed E-state index contributed by atoms with van der Waals surface area (Å²) < 4.78 is 6.02. The van der Waals surface area contributed by atoms with Crippen molar-refractivity contribution in [3.05, 3.63) is 66.5 Å². The fourth-order valence-corrected chi connectivity index (χ4v) is 2.74. The van der Waals surface area contributed by atoms with Crippen molar-refractivity contribution < 1.29 is 4.74 Å². The van der Waals surface area contributed by atoms with Crippen LogP contribution in [0, 0.1) is 6.92 Å². The third-order valence-electron chi connectivity index (χ3n) is 4.03. The van der Waals surface area contributed by atoms with Crippen molar-refractivity contribution in [3.8, 4) is 11.5 Å². The summed E-state index contributed by atoms with van der Waals surface area (Å²) in [5.41, 5.74) is 0.861. The highest BCUT2D eigenvalue weighted by molar-refractivity contribution is 5.66. The molecule has 0 unspecified atom stereocenters. The van der Waals surface area contributed by atoms with Gasteiger partial charge in [0, 0.05) is 19.2 Å². The molecule has 0 saturated carbocycles. The maximum atomic E-state index is 6.02. The van der Waals surface area contributed by atoms with Crippen molar-refractivity contribution in [1.82, 2.24) is 9.97 Å². The molecular weight excluding hydrogens is 324 g/mol. The summed E-state index contributed by atoms with van der Waals surface area (Å²) in [5, 5.41) is 3.37. The Bertz CT molecular complexity index is 848. The molecule has 5 heteroatoms. The number of hydrogen-bond donors (Lipinski definition) is 1. The van der Waals surface area contributed by atoms with Crippen LogP contribution >= 0.6 is 0 Å². The summed E-state index contributed by atoms with van der Waals surface area (Å²) in [6.07, 6.45) is 0. The monoisotopic (exact) mass is 348 g/mol. The summed E-state index contributed by atoms with van der Waals surface area (Å²) in [5.74, 6) is 3.96. The zero-order chi connectivity index (χ0) is 18.4. The summed E-state index contributed by atoms with van der Waals surface area (Å²) in [4.78, 5) is 11.3. The Labute approximate surface area is 154 Å². The zero-order valence-corrected chi connectivity index (χ0v) is 15.4. The van der Waals surface area contributed by atoms with Crippen LogP contribution in [-0.2, 0) is 0 Å². The molecule has 1 aromatic heterocycles. The molecule has 3 rings (SSSR count). The molecule has 0 saturated heterocycles. The minimum absolute atomic E-state index is 0.735. The molecule has 3 aromatic rings. The van der Waals surface area contributed by atoms with Gasteiger partial charge in [0.2, 0.25) is 0 Å². The van der Waals surface area contributed by atoms with Gasteiger partial charge in [-0.2, -0.15) is 0 Å². The van der Waals surface area contributed by atoms with E-state index in [0.717, 1.165) is 47.7 Å². The molecule has 0 bridgehead atoms. The SMILES string of the molecule is CCN(CC)c1cc(Nc2ccccc2Oc2ccccc2)nc(C)n1. The second-order valence-electron chi connectivity index (χ2n) is 5.87. The van der Waals surface area contributed by atoms with Crippen LogP contribution in [0.5, 0.6) is 11.5 Å². The number of ether oxygens (including phenoxy) is 1. The van der Waals surface area contributed by atoms with Crippen LogP contribution in [0.1, 0.15) is 19.7 Å². The van der Waals surface area contributed by atoms with Gasteiger partial charge in [-0.25, -0.2) is 9.97 Å². The third kappa shape index (κ3) is 4.30. The second-order valence-corrected chi connectivity index (χ2v) is 5.87. The van der Waals surface area contributed by atoms with Crippen molar-refractivity contribution in [1.29, 1.82) is 0 Å². The zero-order valence-electron chi connectivity index (χ0n) is 15.4. The second kappa shape index (κ2) is 8.34. The third-order valence-corrected chi connectivity index (χ3v) is 4.03. The Hall–Kier alpha value is -3.08. The maximum absolute atomic E-state index is 6.02. The molecule has 134 valence electrons. The Balaban J connectivity index is 1.87. The van der Waals surface area contributed by atoms with Gasteiger partial charge in [0.1, 0.15) is 23.2 Å². The average Bonchev–Trinajstić information content (AvgIpc) is 2.65. The standard InChI is InChI=1S/C21H24N4O/c1-4-25(5-2)21-15-20(22-16(3)23-21)24-18-13-9-10-14-19(18)26-17-11-7-6-8-12-17/h6-15H,4-5H2,1-3H3,(H,22,23,24). The van der Waals surface area contributed by atoms with E-state index in [-0.39, 0.29) is 0 Å². The molecule has 0 atom stereocenters. The molecule has 2 aromatic carbocycles. The van der Waals surface area contributed by atoms with E-state index in [2.05, 4.69) is 34.0 Å². The lowest BCUT2D eigenvalue weighted by Gasteiger charge is -2.21. The Kier molecular flexibility index (Phi) is 5.69. The van der Waals surface area contributed by atoms with Gasteiger partial charge in [0.25, 0.3) is 0 Å². The molecule has 0 radical (unpaired) electrons. The van der Waals surface area contributed by atoms with Gasteiger partial charge in [-0.3, -0.25) is 0 Å². The fourth-order valence-electron chi connectivity index (χ4n) is 2.74. The number of hydrogen-bond acceptors (Lipinski definition) is 5. The van der Waals surface area contributed by atoms with Crippen LogP contribution in [0.4, 0.5) is 17.3 Å². The molecule has 0 fully saturated rings. The fraction of sp³-hybridized carbons (Fsp3) is 0.238. The van der Waals surface area contributed by atoms with Crippen LogP contribution in [0.25, 0.3) is 0 Å². The van der Waals surface area contributed by atoms with Crippen molar-refractivity contribution in [2.45, 2.75) is 20.8 Å². The van der Waals surface area contributed by atoms with Gasteiger partial charge < -0.3 is 15.0 Å². The first-order valence-corrected chi connectivity index (χ1v) is 8.89. The molecule has 26 heavy (non-hydrogen) atoms. The quantitative estimate of drug-likeness (QED) is 0.638. The van der Waals surface area contributed by atoms with E-state index in [1.165, 1.54) is 0 Å². The van der Waals surface area contributed by atoms with Gasteiger partial charge in [-0.1, -0.05) is 30.3 Å². The number of nitrogens with zero attached hydrogens (tertiary/aromatic N) is 3. The molecule has 0 aliphatic rings. The van der Waals surface area contributed by atoms with E-state index >= 15 is 0 Å². The van der Waals surface area contributed by atoms with Crippen LogP contribution < -0.4 is 15.0 Å². The summed E-state index contributed by atoms with van der Waals surface area (Å²) >= 11 is 0. The summed E-state index contributed by atoms with van der Waals surface area (Å²) in [7, 11) is 0. The lowest BCUT2D eigenvalue weighted by Crippen LogP contribution is -2.23. The first-order valence-electron chi connectivity index (χ1n) is 8.89. The predicted octanol–water partition coefficient (Wildman–Crippen LogP) is 5.17.